The minimum Gasteiger partial charge on any atom is -0.384 e. The maximum absolute atomic E-state index is 12.4. The second kappa shape index (κ2) is 8.21. The van der Waals surface area contributed by atoms with Crippen LogP contribution in [-0.2, 0) is 10.0 Å². The van der Waals surface area contributed by atoms with E-state index in [9.17, 15) is 8.42 Å². The number of aromatic nitrogens is 1. The van der Waals surface area contributed by atoms with Crippen molar-refractivity contribution in [3.63, 3.8) is 0 Å². The van der Waals surface area contributed by atoms with Crippen LogP contribution >= 0.6 is 0 Å². The Morgan fingerprint density at radius 1 is 1.30 bits per heavy atom. The van der Waals surface area contributed by atoms with E-state index in [2.05, 4.69) is 21.9 Å². The zero-order valence-corrected chi connectivity index (χ0v) is 13.3. The Labute approximate surface area is 122 Å². The summed E-state index contributed by atoms with van der Waals surface area (Å²) < 4.78 is 27.5. The van der Waals surface area contributed by atoms with Crippen molar-refractivity contribution in [1.82, 2.24) is 9.71 Å². The Hall–Kier alpha value is -1.14. The summed E-state index contributed by atoms with van der Waals surface area (Å²) in [5.41, 5.74) is 0.608. The summed E-state index contributed by atoms with van der Waals surface area (Å²) in [6.07, 6.45) is 6.83. The van der Waals surface area contributed by atoms with Crippen LogP contribution in [0.2, 0.25) is 0 Å². The van der Waals surface area contributed by atoms with E-state index in [1.165, 1.54) is 6.20 Å². The van der Waals surface area contributed by atoms with Gasteiger partial charge in [-0.15, -0.1) is 0 Å². The Kier molecular flexibility index (Phi) is 6.95. The van der Waals surface area contributed by atoms with Gasteiger partial charge in [0.05, 0.1) is 5.69 Å². The van der Waals surface area contributed by atoms with E-state index in [0.29, 0.717) is 5.69 Å². The normalized spacial score (nSPS) is 13.2. The molecule has 0 amide bonds. The summed E-state index contributed by atoms with van der Waals surface area (Å²) >= 11 is 0. The molecule has 0 aliphatic rings. The lowest BCUT2D eigenvalue weighted by Gasteiger charge is -2.16. The van der Waals surface area contributed by atoms with E-state index in [4.69, 9.17) is 0 Å². The first kappa shape index (κ1) is 16.9. The monoisotopic (exact) mass is 299 g/mol. The minimum absolute atomic E-state index is 0.0702. The third-order valence-electron chi connectivity index (χ3n) is 2.99. The number of hydrogen-bond donors (Lipinski definition) is 2. The number of unbranched alkanes of at least 4 members (excludes halogenated alkanes) is 1. The van der Waals surface area contributed by atoms with Gasteiger partial charge in [0.1, 0.15) is 4.90 Å². The predicted octanol–water partition coefficient (Wildman–Crippen LogP) is 2.76. The summed E-state index contributed by atoms with van der Waals surface area (Å²) in [5.74, 6) is 0. The molecule has 0 fully saturated rings. The first-order valence-electron chi connectivity index (χ1n) is 7.21. The number of rotatable bonds is 9. The van der Waals surface area contributed by atoms with Gasteiger partial charge < -0.3 is 5.32 Å². The van der Waals surface area contributed by atoms with E-state index < -0.39 is 10.0 Å². The zero-order valence-electron chi connectivity index (χ0n) is 12.5. The molecule has 0 radical (unpaired) electrons. The molecule has 1 unspecified atom stereocenters. The van der Waals surface area contributed by atoms with Gasteiger partial charge in [-0.05, 0) is 25.8 Å². The molecule has 1 aromatic heterocycles. The van der Waals surface area contributed by atoms with Crippen LogP contribution in [-0.4, -0.2) is 26.0 Å². The molecule has 114 valence electrons. The van der Waals surface area contributed by atoms with Crippen LogP contribution in [0.25, 0.3) is 0 Å². The summed E-state index contributed by atoms with van der Waals surface area (Å²) in [4.78, 5) is 4.15. The lowest BCUT2D eigenvalue weighted by molar-refractivity contribution is 0.534. The maximum atomic E-state index is 12.4. The predicted molar refractivity (Wildman–Crippen MR) is 82.3 cm³/mol. The highest BCUT2D eigenvalue weighted by atomic mass is 32.2. The Morgan fingerprint density at radius 3 is 2.70 bits per heavy atom. The fourth-order valence-corrected chi connectivity index (χ4v) is 3.30. The molecule has 6 heteroatoms. The standard InChI is InChI=1S/C14H25N3O2S/c1-4-6-7-12(3)17-20(18,19)14-11-15-10-8-13(14)16-9-5-2/h8,10-12,17H,4-7,9H2,1-3H3,(H,15,16). The van der Waals surface area contributed by atoms with Gasteiger partial charge in [0, 0.05) is 25.0 Å². The number of pyridine rings is 1. The van der Waals surface area contributed by atoms with Gasteiger partial charge in [0.25, 0.3) is 0 Å². The van der Waals surface area contributed by atoms with Gasteiger partial charge in [0.15, 0.2) is 0 Å². The largest absolute Gasteiger partial charge is 0.384 e. The summed E-state index contributed by atoms with van der Waals surface area (Å²) in [7, 11) is -3.53. The van der Waals surface area contributed by atoms with Crippen LogP contribution in [0.3, 0.4) is 0 Å². The number of hydrogen-bond acceptors (Lipinski definition) is 4. The first-order chi connectivity index (χ1) is 9.51. The van der Waals surface area contributed by atoms with Crippen molar-refractivity contribution < 1.29 is 8.42 Å². The van der Waals surface area contributed by atoms with Crippen molar-refractivity contribution in [2.75, 3.05) is 11.9 Å². The molecular weight excluding hydrogens is 274 g/mol. The van der Waals surface area contributed by atoms with Crippen molar-refractivity contribution in [2.24, 2.45) is 0 Å². The molecule has 0 aliphatic carbocycles. The van der Waals surface area contributed by atoms with Gasteiger partial charge in [-0.3, -0.25) is 4.98 Å². The third kappa shape index (κ3) is 5.09. The van der Waals surface area contributed by atoms with Gasteiger partial charge in [-0.25, -0.2) is 13.1 Å². The molecular formula is C14H25N3O2S. The van der Waals surface area contributed by atoms with Crippen molar-refractivity contribution >= 4 is 15.7 Å². The van der Waals surface area contributed by atoms with E-state index in [0.717, 1.165) is 32.2 Å². The fourth-order valence-electron chi connectivity index (χ4n) is 1.90. The van der Waals surface area contributed by atoms with Crippen molar-refractivity contribution in [1.29, 1.82) is 0 Å². The first-order valence-corrected chi connectivity index (χ1v) is 8.69. The Balaban J connectivity index is 2.86. The van der Waals surface area contributed by atoms with Gasteiger partial charge in [-0.2, -0.15) is 0 Å². The molecule has 0 bridgehead atoms. The number of sulfonamides is 1. The SMILES string of the molecule is CCCCC(C)NS(=O)(=O)c1cnccc1NCCC. The van der Waals surface area contributed by atoms with E-state index in [1.54, 1.807) is 12.3 Å². The molecule has 0 aromatic carbocycles. The summed E-state index contributed by atoms with van der Waals surface area (Å²) in [6.45, 7) is 6.75. The summed E-state index contributed by atoms with van der Waals surface area (Å²) in [6, 6.07) is 1.63. The van der Waals surface area contributed by atoms with Crippen molar-refractivity contribution in [2.45, 2.75) is 57.4 Å². The molecule has 0 saturated heterocycles. The molecule has 0 saturated carbocycles. The molecule has 20 heavy (non-hydrogen) atoms. The van der Waals surface area contributed by atoms with Crippen LogP contribution in [0, 0.1) is 0 Å². The molecule has 0 spiro atoms. The Bertz CT molecular complexity index is 503. The molecule has 1 rings (SSSR count). The molecule has 1 heterocycles. The molecule has 1 aromatic rings. The average molecular weight is 299 g/mol. The van der Waals surface area contributed by atoms with Crippen molar-refractivity contribution in [3.05, 3.63) is 18.5 Å². The highest BCUT2D eigenvalue weighted by Crippen LogP contribution is 2.20. The van der Waals surface area contributed by atoms with Gasteiger partial charge in [0.2, 0.25) is 10.0 Å². The van der Waals surface area contributed by atoms with Crippen LogP contribution in [0.4, 0.5) is 5.69 Å². The third-order valence-corrected chi connectivity index (χ3v) is 4.60. The number of nitrogens with one attached hydrogen (secondary N) is 2. The fraction of sp³-hybridized carbons (Fsp3) is 0.643. The number of nitrogens with zero attached hydrogens (tertiary/aromatic N) is 1. The Morgan fingerprint density at radius 2 is 2.05 bits per heavy atom. The lowest BCUT2D eigenvalue weighted by atomic mass is 10.2. The maximum Gasteiger partial charge on any atom is 0.244 e. The summed E-state index contributed by atoms with van der Waals surface area (Å²) in [5, 5.41) is 3.13. The second-order valence-electron chi connectivity index (χ2n) is 4.96. The average Bonchev–Trinajstić information content (AvgIpc) is 2.42. The van der Waals surface area contributed by atoms with E-state index in [1.807, 2.05) is 13.8 Å². The molecule has 5 nitrogen and oxygen atoms in total. The topological polar surface area (TPSA) is 71.1 Å². The van der Waals surface area contributed by atoms with E-state index in [-0.39, 0.29) is 10.9 Å². The quantitative estimate of drug-likeness (QED) is 0.735. The van der Waals surface area contributed by atoms with Crippen LogP contribution in [0.5, 0.6) is 0 Å². The smallest absolute Gasteiger partial charge is 0.244 e. The van der Waals surface area contributed by atoms with Gasteiger partial charge >= 0.3 is 0 Å². The van der Waals surface area contributed by atoms with E-state index >= 15 is 0 Å². The molecule has 2 N–H and O–H groups in total. The minimum atomic E-state index is -3.53. The van der Waals surface area contributed by atoms with Gasteiger partial charge in [-0.1, -0.05) is 26.7 Å². The number of anilines is 1. The van der Waals surface area contributed by atoms with Crippen molar-refractivity contribution in [3.8, 4) is 0 Å². The van der Waals surface area contributed by atoms with Crippen LogP contribution < -0.4 is 10.0 Å². The molecule has 1 atom stereocenters. The second-order valence-corrected chi connectivity index (χ2v) is 6.65. The lowest BCUT2D eigenvalue weighted by Crippen LogP contribution is -2.33. The highest BCUT2D eigenvalue weighted by Gasteiger charge is 2.20. The highest BCUT2D eigenvalue weighted by molar-refractivity contribution is 7.89. The van der Waals surface area contributed by atoms with Crippen LogP contribution in [0.1, 0.15) is 46.5 Å². The zero-order chi connectivity index (χ0) is 15.0. The molecule has 0 aliphatic heterocycles. The van der Waals surface area contributed by atoms with Crippen LogP contribution in [0.15, 0.2) is 23.4 Å².